The number of pyridine rings is 1. The van der Waals surface area contributed by atoms with Crippen molar-refractivity contribution >= 4 is 18.2 Å². The van der Waals surface area contributed by atoms with Crippen LogP contribution in [0.15, 0.2) is 41.1 Å². The Labute approximate surface area is 113 Å². The van der Waals surface area contributed by atoms with Gasteiger partial charge >= 0.3 is 0 Å². The van der Waals surface area contributed by atoms with Crippen molar-refractivity contribution in [3.63, 3.8) is 0 Å². The summed E-state index contributed by atoms with van der Waals surface area (Å²) in [6, 6.07) is 3.99. The second kappa shape index (κ2) is 6.18. The summed E-state index contributed by atoms with van der Waals surface area (Å²) in [5.74, 6) is 0. The first-order valence-electron chi connectivity index (χ1n) is 6.04. The quantitative estimate of drug-likeness (QED) is 0.822. The molecule has 1 unspecified atom stereocenters. The molecule has 0 aromatic carbocycles. The van der Waals surface area contributed by atoms with E-state index in [1.807, 2.05) is 17.5 Å². The van der Waals surface area contributed by atoms with Crippen molar-refractivity contribution in [3.8, 4) is 0 Å². The van der Waals surface area contributed by atoms with Crippen molar-refractivity contribution in [3.05, 3.63) is 46.6 Å². The van der Waals surface area contributed by atoms with Gasteiger partial charge in [-0.1, -0.05) is 0 Å². The van der Waals surface area contributed by atoms with E-state index in [2.05, 4.69) is 24.5 Å². The molecule has 1 aromatic rings. The van der Waals surface area contributed by atoms with Crippen LogP contribution in [0, 0.1) is 0 Å². The molecule has 2 heterocycles. The summed E-state index contributed by atoms with van der Waals surface area (Å²) < 4.78 is 5.65. The Kier molecular flexibility index (Phi) is 4.58. The fourth-order valence-electron chi connectivity index (χ4n) is 2.27. The van der Waals surface area contributed by atoms with Gasteiger partial charge < -0.3 is 10.5 Å². The van der Waals surface area contributed by atoms with Crippen LogP contribution in [0.4, 0.5) is 0 Å². The number of nitrogens with two attached hydrogens (primary N) is 1. The number of hydrogen-bond donors (Lipinski definition) is 2. The average Bonchev–Trinajstić information content (AvgIpc) is 2.43. The predicted molar refractivity (Wildman–Crippen MR) is 77.3 cm³/mol. The Bertz CT molecular complexity index is 468. The number of hydrogen-bond acceptors (Lipinski definition) is 4. The van der Waals surface area contributed by atoms with Crippen LogP contribution >= 0.6 is 12.6 Å². The van der Waals surface area contributed by atoms with E-state index in [-0.39, 0.29) is 6.10 Å². The number of aromatic nitrogens is 1. The molecule has 2 rings (SSSR count). The highest BCUT2D eigenvalue weighted by atomic mass is 32.1. The number of rotatable bonds is 3. The lowest BCUT2D eigenvalue weighted by Gasteiger charge is -2.27. The number of allylic oxidation sites excluding steroid dienone is 1. The van der Waals surface area contributed by atoms with Gasteiger partial charge in [-0.25, -0.2) is 0 Å². The molecular formula is C14H18N2OS. The fraction of sp³-hybridized carbons (Fsp3) is 0.357. The van der Waals surface area contributed by atoms with Crippen LogP contribution < -0.4 is 5.73 Å². The Balaban J connectivity index is 2.40. The van der Waals surface area contributed by atoms with E-state index in [1.54, 1.807) is 12.4 Å². The normalized spacial score (nSPS) is 21.3. The predicted octanol–water partition coefficient (Wildman–Crippen LogP) is 2.42. The monoisotopic (exact) mass is 262 g/mol. The van der Waals surface area contributed by atoms with E-state index in [1.165, 1.54) is 11.1 Å². The van der Waals surface area contributed by atoms with Crippen molar-refractivity contribution in [2.24, 2.45) is 5.73 Å². The van der Waals surface area contributed by atoms with E-state index in [9.17, 15) is 0 Å². The molecule has 0 saturated carbocycles. The summed E-state index contributed by atoms with van der Waals surface area (Å²) in [5.41, 5.74) is 10.5. The van der Waals surface area contributed by atoms with Crippen molar-refractivity contribution < 1.29 is 4.74 Å². The average molecular weight is 262 g/mol. The molecule has 0 radical (unpaired) electrons. The maximum absolute atomic E-state index is 5.73. The summed E-state index contributed by atoms with van der Waals surface area (Å²) >= 11 is 4.35. The fourth-order valence-corrected chi connectivity index (χ4v) is 2.57. The highest BCUT2D eigenvalue weighted by molar-refractivity contribution is 7.83. The summed E-state index contributed by atoms with van der Waals surface area (Å²) in [4.78, 5) is 4.04. The lowest BCUT2D eigenvalue weighted by Crippen LogP contribution is -2.29. The van der Waals surface area contributed by atoms with Crippen LogP contribution in [0.25, 0.3) is 5.57 Å². The third-order valence-corrected chi connectivity index (χ3v) is 3.55. The van der Waals surface area contributed by atoms with Gasteiger partial charge in [-0.3, -0.25) is 4.98 Å². The molecular weight excluding hydrogens is 244 g/mol. The minimum absolute atomic E-state index is 0.0267. The first kappa shape index (κ1) is 13.3. The topological polar surface area (TPSA) is 48.1 Å². The minimum atomic E-state index is 0.0267. The van der Waals surface area contributed by atoms with Gasteiger partial charge in [0.25, 0.3) is 0 Å². The van der Waals surface area contributed by atoms with Gasteiger partial charge in [0.1, 0.15) is 0 Å². The summed E-state index contributed by atoms with van der Waals surface area (Å²) in [6.07, 6.45) is 4.51. The smallest absolute Gasteiger partial charge is 0.0910 e. The Hall–Kier alpha value is -1.10. The largest absolute Gasteiger partial charge is 0.372 e. The number of nitrogens with zero attached hydrogens (tertiary/aromatic N) is 1. The molecule has 3 nitrogen and oxygen atoms in total. The van der Waals surface area contributed by atoms with Gasteiger partial charge in [0.2, 0.25) is 0 Å². The van der Waals surface area contributed by atoms with Gasteiger partial charge in [0.15, 0.2) is 0 Å². The molecule has 1 atom stereocenters. The maximum Gasteiger partial charge on any atom is 0.0910 e. The zero-order valence-electron chi connectivity index (χ0n) is 10.5. The Morgan fingerprint density at radius 2 is 2.28 bits per heavy atom. The second-order valence-corrected chi connectivity index (χ2v) is 4.54. The van der Waals surface area contributed by atoms with Crippen molar-refractivity contribution in [2.45, 2.75) is 19.4 Å². The molecule has 0 saturated heterocycles. The second-order valence-electron chi connectivity index (χ2n) is 4.29. The van der Waals surface area contributed by atoms with Gasteiger partial charge in [-0.15, -0.1) is 0 Å². The van der Waals surface area contributed by atoms with Gasteiger partial charge in [0, 0.05) is 18.9 Å². The molecule has 4 heteroatoms. The molecule has 0 fully saturated rings. The third kappa shape index (κ3) is 2.66. The SMILES string of the molecule is CC1=C(/C(=C\S)c2ccncc2)CCOC1CN. The summed E-state index contributed by atoms with van der Waals surface area (Å²) in [7, 11) is 0. The van der Waals surface area contributed by atoms with Crippen LogP contribution in [0.2, 0.25) is 0 Å². The van der Waals surface area contributed by atoms with E-state index < -0.39 is 0 Å². The van der Waals surface area contributed by atoms with Crippen molar-refractivity contribution in [1.82, 2.24) is 4.98 Å². The van der Waals surface area contributed by atoms with E-state index in [0.29, 0.717) is 13.2 Å². The molecule has 96 valence electrons. The van der Waals surface area contributed by atoms with E-state index >= 15 is 0 Å². The molecule has 18 heavy (non-hydrogen) atoms. The standard InChI is InChI=1S/C14H18N2OS/c1-10-12(4-7-17-14(10)8-15)13(9-18)11-2-5-16-6-3-11/h2-3,5-6,9,14,18H,4,7-8,15H2,1H3/b13-9-. The molecule has 0 spiro atoms. The molecule has 1 aliphatic heterocycles. The highest BCUT2D eigenvalue weighted by Gasteiger charge is 2.21. The van der Waals surface area contributed by atoms with E-state index in [0.717, 1.165) is 17.6 Å². The van der Waals surface area contributed by atoms with E-state index in [4.69, 9.17) is 10.5 Å². The van der Waals surface area contributed by atoms with Gasteiger partial charge in [-0.05, 0) is 53.2 Å². The van der Waals surface area contributed by atoms with Gasteiger partial charge in [0.05, 0.1) is 12.7 Å². The van der Waals surface area contributed by atoms with Crippen LogP contribution in [0.5, 0.6) is 0 Å². The molecule has 0 aliphatic carbocycles. The zero-order chi connectivity index (χ0) is 13.0. The number of thiol groups is 1. The molecule has 2 N–H and O–H groups in total. The first-order valence-corrected chi connectivity index (χ1v) is 6.56. The van der Waals surface area contributed by atoms with Crippen molar-refractivity contribution in [2.75, 3.05) is 13.2 Å². The van der Waals surface area contributed by atoms with Crippen molar-refractivity contribution in [1.29, 1.82) is 0 Å². The molecule has 1 aliphatic rings. The zero-order valence-corrected chi connectivity index (χ0v) is 11.4. The van der Waals surface area contributed by atoms with Gasteiger partial charge in [-0.2, -0.15) is 12.6 Å². The molecule has 0 bridgehead atoms. The summed E-state index contributed by atoms with van der Waals surface area (Å²) in [5, 5.41) is 1.85. The lowest BCUT2D eigenvalue weighted by molar-refractivity contribution is 0.0745. The molecule has 0 amide bonds. The Morgan fingerprint density at radius 1 is 1.56 bits per heavy atom. The van der Waals surface area contributed by atoms with Crippen LogP contribution in [0.3, 0.4) is 0 Å². The first-order chi connectivity index (χ1) is 8.77. The van der Waals surface area contributed by atoms with Crippen LogP contribution in [-0.4, -0.2) is 24.2 Å². The van der Waals surface area contributed by atoms with Crippen LogP contribution in [-0.2, 0) is 4.74 Å². The third-order valence-electron chi connectivity index (χ3n) is 3.29. The maximum atomic E-state index is 5.73. The summed E-state index contributed by atoms with van der Waals surface area (Å²) in [6.45, 7) is 3.32. The minimum Gasteiger partial charge on any atom is -0.372 e. The molecule has 1 aromatic heterocycles. The number of ether oxygens (including phenoxy) is 1. The lowest BCUT2D eigenvalue weighted by atomic mass is 9.90. The Morgan fingerprint density at radius 3 is 2.89 bits per heavy atom. The van der Waals surface area contributed by atoms with Crippen LogP contribution in [0.1, 0.15) is 18.9 Å². The highest BCUT2D eigenvalue weighted by Crippen LogP contribution is 2.32.